The summed E-state index contributed by atoms with van der Waals surface area (Å²) in [5, 5.41) is 0.866. The molecule has 0 aliphatic heterocycles. The van der Waals surface area contributed by atoms with Crippen molar-refractivity contribution in [3.8, 4) is 22.4 Å². The second-order valence-electron chi connectivity index (χ2n) is 7.15. The molecule has 30 heavy (non-hydrogen) atoms. The zero-order chi connectivity index (χ0) is 20.3. The minimum atomic E-state index is 0.00485. The van der Waals surface area contributed by atoms with E-state index in [4.69, 9.17) is 4.98 Å². The molecule has 0 fully saturated rings. The Kier molecular flexibility index (Phi) is 4.66. The number of fused-ring (bicyclic) bond motifs is 1. The van der Waals surface area contributed by atoms with Gasteiger partial charge in [-0.2, -0.15) is 0 Å². The van der Waals surface area contributed by atoms with Gasteiger partial charge in [0.25, 0.3) is 0 Å². The third-order valence-corrected chi connectivity index (χ3v) is 5.27. The van der Waals surface area contributed by atoms with E-state index in [0.717, 1.165) is 33.3 Å². The highest BCUT2D eigenvalue weighted by atomic mass is 16.1. The van der Waals surface area contributed by atoms with E-state index in [1.165, 1.54) is 0 Å². The van der Waals surface area contributed by atoms with Crippen LogP contribution in [-0.4, -0.2) is 10.8 Å². The first-order valence-electron chi connectivity index (χ1n) is 9.96. The Hall–Kier alpha value is -4.04. The van der Waals surface area contributed by atoms with Gasteiger partial charge in [-0.05, 0) is 11.6 Å². The van der Waals surface area contributed by atoms with E-state index < -0.39 is 0 Å². The molecule has 0 radical (unpaired) electrons. The van der Waals surface area contributed by atoms with Crippen molar-refractivity contribution in [1.29, 1.82) is 0 Å². The van der Waals surface area contributed by atoms with E-state index in [0.29, 0.717) is 11.1 Å². The van der Waals surface area contributed by atoms with Crippen LogP contribution in [0.3, 0.4) is 0 Å². The molecule has 2 nitrogen and oxygen atoms in total. The van der Waals surface area contributed by atoms with Gasteiger partial charge < -0.3 is 0 Å². The van der Waals surface area contributed by atoms with Crippen molar-refractivity contribution in [2.45, 2.75) is 0 Å². The fourth-order valence-electron chi connectivity index (χ4n) is 3.87. The molecule has 1 aromatic heterocycles. The maximum Gasteiger partial charge on any atom is 0.194 e. The van der Waals surface area contributed by atoms with E-state index in [1.54, 1.807) is 0 Å². The summed E-state index contributed by atoms with van der Waals surface area (Å²) in [6.07, 6.45) is 0. The van der Waals surface area contributed by atoms with Crippen LogP contribution in [0.4, 0.5) is 0 Å². The minimum Gasteiger partial charge on any atom is -0.289 e. The van der Waals surface area contributed by atoms with Gasteiger partial charge in [0.1, 0.15) is 0 Å². The first kappa shape index (κ1) is 18.0. The number of nitrogens with zero attached hydrogens (tertiary/aromatic N) is 1. The van der Waals surface area contributed by atoms with Gasteiger partial charge in [0, 0.05) is 27.6 Å². The van der Waals surface area contributed by atoms with Crippen molar-refractivity contribution in [2.24, 2.45) is 0 Å². The molecule has 0 amide bonds. The molecule has 0 N–H and O–H groups in total. The highest BCUT2D eigenvalue weighted by Gasteiger charge is 2.23. The number of rotatable bonds is 4. The highest BCUT2D eigenvalue weighted by Crippen LogP contribution is 2.38. The number of aromatic nitrogens is 1. The highest BCUT2D eigenvalue weighted by molar-refractivity contribution is 6.21. The van der Waals surface area contributed by atoms with Gasteiger partial charge in [0.05, 0.1) is 11.2 Å². The third-order valence-electron chi connectivity index (χ3n) is 5.27. The molecule has 0 saturated carbocycles. The van der Waals surface area contributed by atoms with Crippen LogP contribution >= 0.6 is 0 Å². The molecule has 0 spiro atoms. The number of para-hydroxylation sites is 1. The topological polar surface area (TPSA) is 30.0 Å². The Balaban J connectivity index is 1.92. The predicted molar refractivity (Wildman–Crippen MR) is 122 cm³/mol. The molecule has 4 aromatic carbocycles. The smallest absolute Gasteiger partial charge is 0.194 e. The number of benzene rings is 4. The van der Waals surface area contributed by atoms with Crippen LogP contribution < -0.4 is 0 Å². The zero-order valence-corrected chi connectivity index (χ0v) is 16.3. The molecule has 2 heteroatoms. The van der Waals surface area contributed by atoms with Gasteiger partial charge in [0.2, 0.25) is 0 Å². The Bertz CT molecular complexity index is 1330. The lowest BCUT2D eigenvalue weighted by atomic mass is 9.88. The van der Waals surface area contributed by atoms with Crippen LogP contribution in [0.1, 0.15) is 15.9 Å². The summed E-state index contributed by atoms with van der Waals surface area (Å²) < 4.78 is 0. The fraction of sp³-hybridized carbons (Fsp3) is 0. The Morgan fingerprint density at radius 3 is 1.77 bits per heavy atom. The summed E-state index contributed by atoms with van der Waals surface area (Å²) in [5.41, 5.74) is 5.84. The average Bonchev–Trinajstić information content (AvgIpc) is 2.84. The largest absolute Gasteiger partial charge is 0.289 e. The summed E-state index contributed by atoms with van der Waals surface area (Å²) >= 11 is 0. The second kappa shape index (κ2) is 7.76. The normalized spacial score (nSPS) is 10.8. The summed E-state index contributed by atoms with van der Waals surface area (Å²) in [5.74, 6) is 0.00485. The van der Waals surface area contributed by atoms with Crippen molar-refractivity contribution in [1.82, 2.24) is 4.98 Å². The van der Waals surface area contributed by atoms with Gasteiger partial charge in [-0.3, -0.25) is 4.79 Å². The van der Waals surface area contributed by atoms with Gasteiger partial charge in [0.15, 0.2) is 5.78 Å². The van der Waals surface area contributed by atoms with Crippen LogP contribution in [-0.2, 0) is 0 Å². The molecule has 0 aliphatic carbocycles. The number of pyridine rings is 1. The van der Waals surface area contributed by atoms with Gasteiger partial charge >= 0.3 is 0 Å². The average molecular weight is 385 g/mol. The molecule has 5 rings (SSSR count). The van der Waals surface area contributed by atoms with E-state index in [-0.39, 0.29) is 5.78 Å². The lowest BCUT2D eigenvalue weighted by Crippen LogP contribution is -2.07. The molecular weight excluding hydrogens is 366 g/mol. The number of carbonyl (C=O) groups excluding carboxylic acids is 1. The molecule has 142 valence electrons. The molecule has 0 saturated heterocycles. The van der Waals surface area contributed by atoms with E-state index in [9.17, 15) is 4.79 Å². The predicted octanol–water partition coefficient (Wildman–Crippen LogP) is 6.80. The lowest BCUT2D eigenvalue weighted by molar-refractivity contribution is 0.104. The second-order valence-corrected chi connectivity index (χ2v) is 7.15. The monoisotopic (exact) mass is 385 g/mol. The fourth-order valence-corrected chi connectivity index (χ4v) is 3.87. The van der Waals surface area contributed by atoms with Gasteiger partial charge in [-0.1, -0.05) is 109 Å². The van der Waals surface area contributed by atoms with Crippen molar-refractivity contribution in [3.63, 3.8) is 0 Å². The van der Waals surface area contributed by atoms with Crippen molar-refractivity contribution >= 4 is 16.7 Å². The van der Waals surface area contributed by atoms with Crippen LogP contribution in [0, 0.1) is 0 Å². The van der Waals surface area contributed by atoms with Crippen molar-refractivity contribution in [3.05, 3.63) is 126 Å². The minimum absolute atomic E-state index is 0.00485. The van der Waals surface area contributed by atoms with Crippen molar-refractivity contribution in [2.75, 3.05) is 0 Å². The quantitative estimate of drug-likeness (QED) is 0.318. The van der Waals surface area contributed by atoms with E-state index in [1.807, 2.05) is 115 Å². The van der Waals surface area contributed by atoms with Crippen molar-refractivity contribution < 1.29 is 4.79 Å². The Morgan fingerprint density at radius 1 is 0.567 bits per heavy atom. The lowest BCUT2D eigenvalue weighted by Gasteiger charge is -2.17. The zero-order valence-electron chi connectivity index (χ0n) is 16.3. The molecule has 0 aliphatic rings. The van der Waals surface area contributed by atoms with Crippen LogP contribution in [0.15, 0.2) is 115 Å². The standard InChI is InChI=1S/C28H19NO/c30-28(22-16-8-3-9-17-22)26-23-18-10-11-19-24(23)29-27(21-14-6-2-7-15-21)25(26)20-12-4-1-5-13-20/h1-19H. The molecule has 5 aromatic rings. The maximum absolute atomic E-state index is 13.8. The summed E-state index contributed by atoms with van der Waals surface area (Å²) in [6, 6.07) is 37.5. The number of ketones is 1. The maximum atomic E-state index is 13.8. The first-order chi connectivity index (χ1) is 14.8. The number of hydrogen-bond acceptors (Lipinski definition) is 2. The molecular formula is C28H19NO. The molecule has 0 unspecified atom stereocenters. The Labute approximate surface area is 175 Å². The number of carbonyl (C=O) groups is 1. The summed E-state index contributed by atoms with van der Waals surface area (Å²) in [7, 11) is 0. The van der Waals surface area contributed by atoms with Crippen LogP contribution in [0.5, 0.6) is 0 Å². The molecule has 0 atom stereocenters. The molecule has 1 heterocycles. The third kappa shape index (κ3) is 3.19. The summed E-state index contributed by atoms with van der Waals surface area (Å²) in [6.45, 7) is 0. The van der Waals surface area contributed by atoms with E-state index in [2.05, 4.69) is 0 Å². The van der Waals surface area contributed by atoms with Crippen LogP contribution in [0.2, 0.25) is 0 Å². The summed E-state index contributed by atoms with van der Waals surface area (Å²) in [4.78, 5) is 18.8. The Morgan fingerprint density at radius 2 is 1.10 bits per heavy atom. The molecule has 0 bridgehead atoms. The van der Waals surface area contributed by atoms with Gasteiger partial charge in [-0.25, -0.2) is 4.98 Å². The first-order valence-corrected chi connectivity index (χ1v) is 9.96. The van der Waals surface area contributed by atoms with Crippen LogP contribution in [0.25, 0.3) is 33.3 Å². The number of hydrogen-bond donors (Lipinski definition) is 0. The van der Waals surface area contributed by atoms with E-state index >= 15 is 0 Å². The SMILES string of the molecule is O=C(c1ccccc1)c1c(-c2ccccc2)c(-c2ccccc2)nc2ccccc12. The van der Waals surface area contributed by atoms with Gasteiger partial charge in [-0.15, -0.1) is 0 Å².